The highest BCUT2D eigenvalue weighted by molar-refractivity contribution is 5.77. The Balaban J connectivity index is 3.81. The van der Waals surface area contributed by atoms with E-state index in [1.54, 1.807) is 6.92 Å². The van der Waals surface area contributed by atoms with Crippen LogP contribution in [0.2, 0.25) is 0 Å². The van der Waals surface area contributed by atoms with E-state index in [4.69, 9.17) is 5.11 Å². The monoisotopic (exact) mass is 196 g/mol. The average molecular weight is 196 g/mol. The zero-order chi connectivity index (χ0) is 11.0. The van der Waals surface area contributed by atoms with E-state index in [1.807, 2.05) is 19.9 Å². The molecule has 0 saturated heterocycles. The van der Waals surface area contributed by atoms with Crippen molar-refractivity contribution in [2.75, 3.05) is 6.61 Å². The van der Waals surface area contributed by atoms with E-state index in [2.05, 4.69) is 6.08 Å². The molecule has 0 amide bonds. The molecular weight excluding hydrogens is 176 g/mol. The molecular formula is C12H20O2. The maximum atomic E-state index is 10.8. The van der Waals surface area contributed by atoms with Crippen LogP contribution < -0.4 is 0 Å². The van der Waals surface area contributed by atoms with E-state index in [1.165, 1.54) is 5.57 Å². The molecule has 14 heavy (non-hydrogen) atoms. The molecule has 0 heterocycles. The molecule has 2 heteroatoms. The first-order valence-electron chi connectivity index (χ1n) is 4.97. The van der Waals surface area contributed by atoms with Crippen LogP contribution in [0.5, 0.6) is 0 Å². The van der Waals surface area contributed by atoms with Crippen molar-refractivity contribution in [3.05, 3.63) is 23.3 Å². The third-order valence-corrected chi connectivity index (χ3v) is 2.00. The van der Waals surface area contributed by atoms with Crippen LogP contribution in [0, 0.1) is 0 Å². The standard InChI is InChI=1S/C12H20O2/c1-10(7-8-13)5-4-6-11(2)9-12(3)14/h6-7,13H,4-5,8-9H2,1-3H3/b10-7+,11-6?. The minimum Gasteiger partial charge on any atom is -0.392 e. The highest BCUT2D eigenvalue weighted by Gasteiger charge is 1.94. The highest BCUT2D eigenvalue weighted by Crippen LogP contribution is 2.08. The summed E-state index contributed by atoms with van der Waals surface area (Å²) in [5.74, 6) is 0.210. The smallest absolute Gasteiger partial charge is 0.133 e. The minimum absolute atomic E-state index is 0.113. The second-order valence-corrected chi connectivity index (χ2v) is 3.70. The van der Waals surface area contributed by atoms with Gasteiger partial charge in [0.25, 0.3) is 0 Å². The number of hydrogen-bond acceptors (Lipinski definition) is 2. The van der Waals surface area contributed by atoms with Crippen LogP contribution in [0.1, 0.15) is 40.0 Å². The van der Waals surface area contributed by atoms with Gasteiger partial charge in [0.05, 0.1) is 6.61 Å². The highest BCUT2D eigenvalue weighted by atomic mass is 16.2. The molecule has 0 atom stereocenters. The van der Waals surface area contributed by atoms with Crippen molar-refractivity contribution in [3.8, 4) is 0 Å². The molecule has 0 aliphatic rings. The van der Waals surface area contributed by atoms with E-state index >= 15 is 0 Å². The summed E-state index contributed by atoms with van der Waals surface area (Å²) < 4.78 is 0. The molecule has 1 N–H and O–H groups in total. The van der Waals surface area contributed by atoms with Crippen molar-refractivity contribution < 1.29 is 9.90 Å². The van der Waals surface area contributed by atoms with Crippen molar-refractivity contribution in [1.29, 1.82) is 0 Å². The molecule has 0 unspecified atom stereocenters. The number of rotatable bonds is 6. The topological polar surface area (TPSA) is 37.3 Å². The molecule has 0 rings (SSSR count). The Hall–Kier alpha value is -0.890. The molecule has 0 aromatic rings. The number of hydrogen-bond donors (Lipinski definition) is 1. The van der Waals surface area contributed by atoms with Crippen LogP contribution in [0.15, 0.2) is 23.3 Å². The van der Waals surface area contributed by atoms with Crippen molar-refractivity contribution in [2.24, 2.45) is 0 Å². The van der Waals surface area contributed by atoms with Crippen LogP contribution >= 0.6 is 0 Å². The van der Waals surface area contributed by atoms with Crippen LogP contribution in [0.4, 0.5) is 0 Å². The number of carbonyl (C=O) groups excluding carboxylic acids is 1. The summed E-state index contributed by atoms with van der Waals surface area (Å²) in [7, 11) is 0. The summed E-state index contributed by atoms with van der Waals surface area (Å²) in [4.78, 5) is 10.8. The van der Waals surface area contributed by atoms with Gasteiger partial charge in [0.1, 0.15) is 5.78 Å². The molecule has 0 spiro atoms. The first-order chi connectivity index (χ1) is 6.56. The maximum absolute atomic E-state index is 10.8. The first kappa shape index (κ1) is 13.1. The number of ketones is 1. The Bertz CT molecular complexity index is 237. The van der Waals surface area contributed by atoms with Gasteiger partial charge in [-0.1, -0.05) is 23.3 Å². The third-order valence-electron chi connectivity index (χ3n) is 2.00. The Morgan fingerprint density at radius 3 is 2.29 bits per heavy atom. The second-order valence-electron chi connectivity index (χ2n) is 3.70. The Kier molecular flexibility index (Phi) is 7.03. The summed E-state index contributed by atoms with van der Waals surface area (Å²) >= 11 is 0. The Morgan fingerprint density at radius 1 is 1.14 bits per heavy atom. The molecule has 0 aromatic heterocycles. The summed E-state index contributed by atoms with van der Waals surface area (Å²) in [5.41, 5.74) is 2.33. The maximum Gasteiger partial charge on any atom is 0.133 e. The third kappa shape index (κ3) is 7.74. The van der Waals surface area contributed by atoms with Gasteiger partial charge >= 0.3 is 0 Å². The predicted octanol–water partition coefficient (Wildman–Crippen LogP) is 2.63. The molecule has 0 bridgehead atoms. The quantitative estimate of drug-likeness (QED) is 0.663. The second kappa shape index (κ2) is 7.51. The minimum atomic E-state index is 0.113. The lowest BCUT2D eigenvalue weighted by atomic mass is 10.1. The van der Waals surface area contributed by atoms with Gasteiger partial charge in [-0.3, -0.25) is 4.79 Å². The van der Waals surface area contributed by atoms with Crippen LogP contribution in [0.3, 0.4) is 0 Å². The van der Waals surface area contributed by atoms with Gasteiger partial charge in [-0.05, 0) is 33.6 Å². The Morgan fingerprint density at radius 2 is 1.79 bits per heavy atom. The molecule has 80 valence electrons. The van der Waals surface area contributed by atoms with Crippen molar-refractivity contribution >= 4 is 5.78 Å². The average Bonchev–Trinajstić information content (AvgIpc) is 2.02. The summed E-state index contributed by atoms with van der Waals surface area (Å²) in [5, 5.41) is 8.63. The number of aliphatic hydroxyl groups excluding tert-OH is 1. The summed E-state index contributed by atoms with van der Waals surface area (Å²) in [6.45, 7) is 5.70. The van der Waals surface area contributed by atoms with Crippen LogP contribution in [-0.2, 0) is 4.79 Å². The van der Waals surface area contributed by atoms with Gasteiger partial charge in [0.2, 0.25) is 0 Å². The van der Waals surface area contributed by atoms with E-state index < -0.39 is 0 Å². The van der Waals surface area contributed by atoms with E-state index in [0.717, 1.165) is 18.4 Å². The fraction of sp³-hybridized carbons (Fsp3) is 0.583. The van der Waals surface area contributed by atoms with Gasteiger partial charge in [0.15, 0.2) is 0 Å². The summed E-state index contributed by atoms with van der Waals surface area (Å²) in [6.07, 6.45) is 6.37. The Labute approximate surface area is 86.3 Å². The molecule has 0 aromatic carbocycles. The largest absolute Gasteiger partial charge is 0.392 e. The fourth-order valence-electron chi connectivity index (χ4n) is 1.27. The van der Waals surface area contributed by atoms with Gasteiger partial charge in [0, 0.05) is 6.42 Å². The van der Waals surface area contributed by atoms with Crippen molar-refractivity contribution in [2.45, 2.75) is 40.0 Å². The van der Waals surface area contributed by atoms with Crippen LogP contribution in [0.25, 0.3) is 0 Å². The summed E-state index contributed by atoms with van der Waals surface area (Å²) in [6, 6.07) is 0. The molecule has 0 saturated carbocycles. The van der Waals surface area contributed by atoms with E-state index in [-0.39, 0.29) is 12.4 Å². The lowest BCUT2D eigenvalue weighted by molar-refractivity contribution is -0.116. The van der Waals surface area contributed by atoms with Gasteiger partial charge in [-0.25, -0.2) is 0 Å². The number of carbonyl (C=O) groups is 1. The van der Waals surface area contributed by atoms with Crippen molar-refractivity contribution in [3.63, 3.8) is 0 Å². The van der Waals surface area contributed by atoms with Gasteiger partial charge < -0.3 is 5.11 Å². The molecule has 0 fully saturated rings. The normalized spacial score (nSPS) is 13.1. The number of Topliss-reactive ketones (excluding diaryl/α,β-unsaturated/α-hetero) is 1. The fourth-order valence-corrected chi connectivity index (χ4v) is 1.27. The lowest BCUT2D eigenvalue weighted by Crippen LogP contribution is -1.90. The zero-order valence-corrected chi connectivity index (χ0v) is 9.34. The zero-order valence-electron chi connectivity index (χ0n) is 9.34. The number of aliphatic hydroxyl groups is 1. The lowest BCUT2D eigenvalue weighted by Gasteiger charge is -1.99. The number of allylic oxidation sites excluding steroid dienone is 3. The van der Waals surface area contributed by atoms with Gasteiger partial charge in [-0.2, -0.15) is 0 Å². The molecule has 0 radical (unpaired) electrons. The first-order valence-corrected chi connectivity index (χ1v) is 4.97. The molecule has 0 aliphatic heterocycles. The van der Waals surface area contributed by atoms with Crippen molar-refractivity contribution in [1.82, 2.24) is 0 Å². The van der Waals surface area contributed by atoms with Crippen LogP contribution in [-0.4, -0.2) is 17.5 Å². The predicted molar refractivity (Wildman–Crippen MR) is 59.1 cm³/mol. The molecule has 0 aliphatic carbocycles. The van der Waals surface area contributed by atoms with E-state index in [0.29, 0.717) is 6.42 Å². The van der Waals surface area contributed by atoms with E-state index in [9.17, 15) is 4.79 Å². The van der Waals surface area contributed by atoms with Gasteiger partial charge in [-0.15, -0.1) is 0 Å². The molecule has 2 nitrogen and oxygen atoms in total. The SMILES string of the molecule is CC(=O)CC(C)=CCC/C(C)=C/CO.